The Morgan fingerprint density at radius 2 is 1.00 bits per heavy atom. The average molecular weight is 423 g/mol. The van der Waals surface area contributed by atoms with Gasteiger partial charge >= 0.3 is 11.9 Å². The molecule has 0 atom stereocenters. The third-order valence-electron chi connectivity index (χ3n) is 5.60. The third kappa shape index (κ3) is 9.41. The molecule has 0 unspecified atom stereocenters. The van der Waals surface area contributed by atoms with Crippen LogP contribution in [0, 0.1) is 11.8 Å². The van der Waals surface area contributed by atoms with Crippen LogP contribution in [-0.4, -0.2) is 50.1 Å². The summed E-state index contributed by atoms with van der Waals surface area (Å²) in [6, 6.07) is 0. The van der Waals surface area contributed by atoms with Gasteiger partial charge in [0.2, 0.25) is 11.8 Å². The minimum Gasteiger partial charge on any atom is -0.461 e. The highest BCUT2D eigenvalue weighted by Gasteiger charge is 2.21. The van der Waals surface area contributed by atoms with Crippen molar-refractivity contribution < 1.29 is 28.7 Å². The maximum atomic E-state index is 12.0. The van der Waals surface area contributed by atoms with Crippen molar-refractivity contribution in [1.82, 2.24) is 10.6 Å². The fourth-order valence-electron chi connectivity index (χ4n) is 3.90. The van der Waals surface area contributed by atoms with Crippen molar-refractivity contribution in [3.63, 3.8) is 0 Å². The first-order valence-electron chi connectivity index (χ1n) is 11.1. The number of ether oxygens (including phenoxy) is 2. The van der Waals surface area contributed by atoms with Gasteiger partial charge in [0.25, 0.3) is 0 Å². The molecule has 0 radical (unpaired) electrons. The fraction of sp³-hybridized carbons (Fsp3) is 0.727. The number of hydrogen-bond acceptors (Lipinski definition) is 6. The Labute approximate surface area is 178 Å². The van der Waals surface area contributed by atoms with Gasteiger partial charge < -0.3 is 20.1 Å². The summed E-state index contributed by atoms with van der Waals surface area (Å²) < 4.78 is 9.90. The molecule has 0 aliphatic heterocycles. The Bertz CT molecular complexity index is 555. The minimum atomic E-state index is -0.676. The summed E-state index contributed by atoms with van der Waals surface area (Å²) in [6.07, 6.45) is 12.4. The zero-order valence-corrected chi connectivity index (χ0v) is 17.7. The van der Waals surface area contributed by atoms with E-state index >= 15 is 0 Å². The molecule has 0 heterocycles. The molecule has 2 amide bonds. The lowest BCUT2D eigenvalue weighted by atomic mass is 9.89. The highest BCUT2D eigenvalue weighted by Crippen LogP contribution is 2.24. The highest BCUT2D eigenvalue weighted by molar-refractivity contribution is 5.91. The van der Waals surface area contributed by atoms with Crippen LogP contribution in [0.4, 0.5) is 0 Å². The lowest BCUT2D eigenvalue weighted by molar-refractivity contribution is -0.140. The van der Waals surface area contributed by atoms with E-state index in [1.54, 1.807) is 0 Å². The summed E-state index contributed by atoms with van der Waals surface area (Å²) in [5.74, 6) is -1.19. The van der Waals surface area contributed by atoms with E-state index in [1.807, 2.05) is 0 Å². The standard InChI is InChI=1S/C22H34N2O6/c25-19(29-15-13-23-21(27)17-7-3-1-4-8-17)11-12-20(26)30-16-14-24-22(28)18-9-5-2-6-10-18/h11-12,17-18H,1-10,13-16H2,(H,23,27)(H,24,28)/b12-11+. The molecule has 8 nitrogen and oxygen atoms in total. The molecule has 2 aliphatic carbocycles. The van der Waals surface area contributed by atoms with Crippen LogP contribution in [0.3, 0.4) is 0 Å². The molecular formula is C22H34N2O6. The van der Waals surface area contributed by atoms with E-state index in [4.69, 9.17) is 9.47 Å². The molecule has 2 N–H and O–H groups in total. The lowest BCUT2D eigenvalue weighted by Gasteiger charge is -2.20. The van der Waals surface area contributed by atoms with Crippen LogP contribution in [0.1, 0.15) is 64.2 Å². The van der Waals surface area contributed by atoms with Gasteiger partial charge in [-0.05, 0) is 25.7 Å². The Morgan fingerprint density at radius 3 is 1.37 bits per heavy atom. The molecule has 0 aromatic carbocycles. The van der Waals surface area contributed by atoms with Crippen molar-refractivity contribution in [2.75, 3.05) is 26.3 Å². The van der Waals surface area contributed by atoms with E-state index in [0.29, 0.717) is 0 Å². The summed E-state index contributed by atoms with van der Waals surface area (Å²) in [4.78, 5) is 47.1. The smallest absolute Gasteiger partial charge is 0.331 e. The van der Waals surface area contributed by atoms with Gasteiger partial charge in [-0.1, -0.05) is 38.5 Å². The van der Waals surface area contributed by atoms with Gasteiger partial charge in [0, 0.05) is 24.0 Å². The van der Waals surface area contributed by atoms with Crippen LogP contribution >= 0.6 is 0 Å². The van der Waals surface area contributed by atoms with Gasteiger partial charge in [-0.25, -0.2) is 9.59 Å². The van der Waals surface area contributed by atoms with E-state index < -0.39 is 11.9 Å². The van der Waals surface area contributed by atoms with Crippen LogP contribution in [0.5, 0.6) is 0 Å². The predicted octanol–water partition coefficient (Wildman–Crippen LogP) is 2.02. The molecule has 2 rings (SSSR count). The molecule has 2 saturated carbocycles. The zero-order valence-electron chi connectivity index (χ0n) is 17.7. The zero-order chi connectivity index (χ0) is 21.6. The van der Waals surface area contributed by atoms with Gasteiger partial charge in [-0.3, -0.25) is 9.59 Å². The number of nitrogens with one attached hydrogen (secondary N) is 2. The monoisotopic (exact) mass is 422 g/mol. The predicted molar refractivity (Wildman–Crippen MR) is 110 cm³/mol. The Hall–Kier alpha value is -2.38. The van der Waals surface area contributed by atoms with Crippen molar-refractivity contribution in [1.29, 1.82) is 0 Å². The number of hydrogen-bond donors (Lipinski definition) is 2. The molecule has 0 bridgehead atoms. The number of amides is 2. The van der Waals surface area contributed by atoms with Crippen LogP contribution in [0.25, 0.3) is 0 Å². The van der Waals surface area contributed by atoms with Crippen molar-refractivity contribution in [3.8, 4) is 0 Å². The molecule has 2 fully saturated rings. The Kier molecular flexibility index (Phi) is 11.0. The highest BCUT2D eigenvalue weighted by atomic mass is 16.5. The first kappa shape index (κ1) is 23.9. The normalized spacial score (nSPS) is 18.0. The minimum absolute atomic E-state index is 0.0143. The summed E-state index contributed by atoms with van der Waals surface area (Å²) in [5.41, 5.74) is 0. The quantitative estimate of drug-likeness (QED) is 0.317. The number of rotatable bonds is 10. The van der Waals surface area contributed by atoms with E-state index in [9.17, 15) is 19.2 Å². The molecule has 0 spiro atoms. The maximum absolute atomic E-state index is 12.0. The topological polar surface area (TPSA) is 111 Å². The van der Waals surface area contributed by atoms with Crippen LogP contribution in [0.15, 0.2) is 12.2 Å². The van der Waals surface area contributed by atoms with Crippen molar-refractivity contribution in [3.05, 3.63) is 12.2 Å². The summed E-state index contributed by atoms with van der Waals surface area (Å²) in [5, 5.41) is 5.55. The van der Waals surface area contributed by atoms with Gasteiger partial charge in [0.15, 0.2) is 0 Å². The molecule has 8 heteroatoms. The Balaban J connectivity index is 1.49. The summed E-state index contributed by atoms with van der Waals surface area (Å²) in [6.45, 7) is 0.591. The van der Waals surface area contributed by atoms with Crippen LogP contribution < -0.4 is 10.6 Å². The van der Waals surface area contributed by atoms with Crippen LogP contribution in [0.2, 0.25) is 0 Å². The van der Waals surface area contributed by atoms with Crippen molar-refractivity contribution >= 4 is 23.8 Å². The van der Waals surface area contributed by atoms with Gasteiger partial charge in [-0.15, -0.1) is 0 Å². The van der Waals surface area contributed by atoms with Crippen molar-refractivity contribution in [2.24, 2.45) is 11.8 Å². The van der Waals surface area contributed by atoms with E-state index in [-0.39, 0.29) is 50.0 Å². The molecule has 0 aromatic rings. The first-order chi connectivity index (χ1) is 14.6. The summed E-state index contributed by atoms with van der Waals surface area (Å²) >= 11 is 0. The SMILES string of the molecule is O=C(/C=C/C(=O)OCCNC(=O)C1CCCCC1)OCCNC(=O)C1CCCCC1. The van der Waals surface area contributed by atoms with Gasteiger partial charge in [0.1, 0.15) is 13.2 Å². The van der Waals surface area contributed by atoms with Crippen LogP contribution in [-0.2, 0) is 28.7 Å². The molecule has 2 aliphatic rings. The fourth-order valence-corrected chi connectivity index (χ4v) is 3.90. The molecule has 0 saturated heterocycles. The number of carbonyl (C=O) groups is 4. The summed E-state index contributed by atoms with van der Waals surface area (Å²) in [7, 11) is 0. The first-order valence-corrected chi connectivity index (χ1v) is 11.1. The van der Waals surface area contributed by atoms with E-state index in [2.05, 4.69) is 10.6 Å². The Morgan fingerprint density at radius 1 is 0.633 bits per heavy atom. The van der Waals surface area contributed by atoms with E-state index in [0.717, 1.165) is 63.5 Å². The second-order valence-electron chi connectivity index (χ2n) is 7.92. The molecule has 168 valence electrons. The second kappa shape index (κ2) is 13.8. The number of esters is 2. The largest absolute Gasteiger partial charge is 0.461 e. The second-order valence-corrected chi connectivity index (χ2v) is 7.92. The molecule has 30 heavy (non-hydrogen) atoms. The maximum Gasteiger partial charge on any atom is 0.331 e. The van der Waals surface area contributed by atoms with Gasteiger partial charge in [-0.2, -0.15) is 0 Å². The third-order valence-corrected chi connectivity index (χ3v) is 5.60. The van der Waals surface area contributed by atoms with E-state index in [1.165, 1.54) is 12.8 Å². The lowest BCUT2D eigenvalue weighted by Crippen LogP contribution is -2.34. The molecular weight excluding hydrogens is 388 g/mol. The van der Waals surface area contributed by atoms with Crippen molar-refractivity contribution in [2.45, 2.75) is 64.2 Å². The average Bonchev–Trinajstić information content (AvgIpc) is 2.79. The number of carbonyl (C=O) groups excluding carboxylic acids is 4. The molecule has 0 aromatic heterocycles. The van der Waals surface area contributed by atoms with Gasteiger partial charge in [0.05, 0.1) is 13.1 Å².